The molecule has 0 heterocycles. The summed E-state index contributed by atoms with van der Waals surface area (Å²) in [6, 6.07) is 0. The molecule has 0 radical (unpaired) electrons. The maximum absolute atomic E-state index is 8.88. The molecule has 0 unspecified atom stereocenters. The van der Waals surface area contributed by atoms with Crippen molar-refractivity contribution in [2.24, 2.45) is 0 Å². The van der Waals surface area contributed by atoms with Crippen molar-refractivity contribution in [1.82, 2.24) is 0 Å². The van der Waals surface area contributed by atoms with Gasteiger partial charge in [0.25, 0.3) is 0 Å². The van der Waals surface area contributed by atoms with E-state index in [9.17, 15) is 0 Å². The lowest BCUT2D eigenvalue weighted by atomic mass is 10.7. The molecule has 0 aromatic rings. The normalized spacial score (nSPS) is 10.2. The topological polar surface area (TPSA) is 176 Å². The average molecular weight is 254 g/mol. The van der Waals surface area contributed by atoms with Crippen molar-refractivity contribution >= 4 is 15.6 Å². The van der Waals surface area contributed by atoms with Crippen LogP contribution in [0, 0.1) is 0 Å². The first-order valence-corrected chi connectivity index (χ1v) is 5.83. The van der Waals surface area contributed by atoms with E-state index in [2.05, 4.69) is 6.58 Å². The fourth-order valence-electron chi connectivity index (χ4n) is 0. The predicted molar refractivity (Wildman–Crippen MR) is 45.8 cm³/mol. The zero-order chi connectivity index (χ0) is 12.4. The van der Waals surface area contributed by atoms with Crippen molar-refractivity contribution in [2.75, 3.05) is 6.61 Å². The minimum Gasteiger partial charge on any atom is -0.392 e. The van der Waals surface area contributed by atoms with Crippen molar-refractivity contribution in [1.29, 1.82) is 0 Å². The van der Waals surface area contributed by atoms with E-state index in [0.29, 0.717) is 0 Å². The molecule has 7 N–H and O–H groups in total. The summed E-state index contributed by atoms with van der Waals surface area (Å²) >= 11 is 0. The lowest BCUT2D eigenvalue weighted by Gasteiger charge is -1.82. The van der Waals surface area contributed by atoms with Crippen LogP contribution in [0.3, 0.4) is 0 Å². The molecular weight excluding hydrogens is 242 g/mol. The molecule has 0 aromatic carbocycles. The van der Waals surface area contributed by atoms with E-state index in [0.717, 1.165) is 0 Å². The minimum atomic E-state index is -4.64. The van der Waals surface area contributed by atoms with E-state index in [1.807, 2.05) is 0 Å². The van der Waals surface area contributed by atoms with Crippen LogP contribution < -0.4 is 0 Å². The SMILES string of the molecule is C=CCO.O=P(O)(O)O.O=P(O)(O)O. The van der Waals surface area contributed by atoms with Crippen LogP contribution in [0.1, 0.15) is 0 Å². The molecule has 0 atom stereocenters. The molecule has 0 saturated heterocycles. The van der Waals surface area contributed by atoms with Gasteiger partial charge in [-0.3, -0.25) is 0 Å². The Labute approximate surface area is 79.5 Å². The van der Waals surface area contributed by atoms with Gasteiger partial charge in [0, 0.05) is 0 Å². The summed E-state index contributed by atoms with van der Waals surface area (Å²) in [7, 11) is -9.28. The van der Waals surface area contributed by atoms with Crippen LogP contribution >= 0.6 is 15.6 Å². The fourth-order valence-corrected chi connectivity index (χ4v) is 0. The largest absolute Gasteiger partial charge is 0.466 e. The molecule has 0 amide bonds. The summed E-state index contributed by atoms with van der Waals surface area (Å²) in [6.07, 6.45) is 1.43. The van der Waals surface area contributed by atoms with Gasteiger partial charge in [-0.2, -0.15) is 0 Å². The molecule has 0 bridgehead atoms. The first-order valence-electron chi connectivity index (χ1n) is 2.70. The highest BCUT2D eigenvalue weighted by Crippen LogP contribution is 2.26. The molecule has 0 aromatic heterocycles. The van der Waals surface area contributed by atoms with Crippen molar-refractivity contribution in [2.45, 2.75) is 0 Å². The summed E-state index contributed by atoms with van der Waals surface area (Å²) in [6.45, 7) is 3.31. The Kier molecular flexibility index (Phi) is 13.2. The monoisotopic (exact) mass is 254 g/mol. The molecule has 0 aliphatic rings. The minimum absolute atomic E-state index is 0.0833. The summed E-state index contributed by atoms with van der Waals surface area (Å²) < 4.78 is 17.8. The Morgan fingerprint density at radius 2 is 1.00 bits per heavy atom. The number of hydrogen-bond acceptors (Lipinski definition) is 3. The van der Waals surface area contributed by atoms with E-state index in [1.54, 1.807) is 0 Å². The molecule has 0 fully saturated rings. The lowest BCUT2D eigenvalue weighted by Crippen LogP contribution is -1.66. The molecule has 0 aliphatic heterocycles. The van der Waals surface area contributed by atoms with Gasteiger partial charge in [-0.15, -0.1) is 6.58 Å². The van der Waals surface area contributed by atoms with Crippen molar-refractivity contribution in [3.05, 3.63) is 12.7 Å². The second-order valence-electron chi connectivity index (χ2n) is 1.50. The first kappa shape index (κ1) is 19.5. The van der Waals surface area contributed by atoms with Crippen LogP contribution in [0.4, 0.5) is 0 Å². The molecule has 88 valence electrons. The molecule has 0 spiro atoms. The van der Waals surface area contributed by atoms with Crippen LogP contribution in [0.25, 0.3) is 0 Å². The zero-order valence-corrected chi connectivity index (χ0v) is 8.62. The molecule has 11 heteroatoms. The van der Waals surface area contributed by atoms with E-state index in [1.165, 1.54) is 6.08 Å². The van der Waals surface area contributed by atoms with Crippen LogP contribution in [0.15, 0.2) is 12.7 Å². The Hall–Kier alpha value is -0.0800. The van der Waals surface area contributed by atoms with Gasteiger partial charge >= 0.3 is 15.6 Å². The maximum Gasteiger partial charge on any atom is 0.466 e. The summed E-state index contributed by atoms with van der Waals surface area (Å²) in [4.78, 5) is 43.1. The fraction of sp³-hybridized carbons (Fsp3) is 0.333. The Morgan fingerprint density at radius 3 is 1.00 bits per heavy atom. The second-order valence-corrected chi connectivity index (χ2v) is 3.55. The third-order valence-corrected chi connectivity index (χ3v) is 0.129. The summed E-state index contributed by atoms with van der Waals surface area (Å²) in [5.41, 5.74) is 0. The molecule has 0 saturated carbocycles. The third kappa shape index (κ3) is 1680. The van der Waals surface area contributed by atoms with E-state index >= 15 is 0 Å². The Morgan fingerprint density at radius 1 is 0.929 bits per heavy atom. The Bertz CT molecular complexity index is 176. The lowest BCUT2D eigenvalue weighted by molar-refractivity contribution is 0.272. The van der Waals surface area contributed by atoms with Gasteiger partial charge < -0.3 is 34.5 Å². The molecule has 0 rings (SSSR count). The van der Waals surface area contributed by atoms with E-state index < -0.39 is 15.6 Å². The van der Waals surface area contributed by atoms with Crippen LogP contribution in [0.2, 0.25) is 0 Å². The van der Waals surface area contributed by atoms with Crippen LogP contribution in [0.5, 0.6) is 0 Å². The molecule has 9 nitrogen and oxygen atoms in total. The number of hydrogen-bond donors (Lipinski definition) is 7. The highest BCUT2D eigenvalue weighted by atomic mass is 31.2. The van der Waals surface area contributed by atoms with Crippen molar-refractivity contribution in [3.63, 3.8) is 0 Å². The van der Waals surface area contributed by atoms with E-state index in [-0.39, 0.29) is 6.61 Å². The first-order chi connectivity index (χ1) is 5.91. The Balaban J connectivity index is -0.000000131. The zero-order valence-electron chi connectivity index (χ0n) is 6.83. The molecule has 0 aliphatic carbocycles. The smallest absolute Gasteiger partial charge is 0.392 e. The molecule has 14 heavy (non-hydrogen) atoms. The summed E-state index contributed by atoms with van der Waals surface area (Å²) in [5, 5.41) is 7.76. The second kappa shape index (κ2) is 9.47. The number of rotatable bonds is 1. The standard InChI is InChI=1S/C3H6O.2H3O4P/c1-2-3-4;2*1-5(2,3)4/h2,4H,1,3H2;2*(H3,1,2,3,4). The van der Waals surface area contributed by atoms with Gasteiger partial charge in [0.05, 0.1) is 6.61 Å². The van der Waals surface area contributed by atoms with Gasteiger partial charge in [-0.25, -0.2) is 9.13 Å². The molecular formula is C3H12O9P2. The highest BCUT2D eigenvalue weighted by molar-refractivity contribution is 7.45. The van der Waals surface area contributed by atoms with Gasteiger partial charge in [-0.05, 0) is 0 Å². The number of phosphoric acid groups is 2. The average Bonchev–Trinajstić information content (AvgIpc) is 1.79. The predicted octanol–water partition coefficient (Wildman–Crippen LogP) is -1.69. The van der Waals surface area contributed by atoms with Gasteiger partial charge in [0.2, 0.25) is 0 Å². The van der Waals surface area contributed by atoms with Crippen LogP contribution in [-0.2, 0) is 9.13 Å². The van der Waals surface area contributed by atoms with Gasteiger partial charge in [0.1, 0.15) is 0 Å². The number of aliphatic hydroxyl groups is 1. The number of aliphatic hydroxyl groups excluding tert-OH is 1. The van der Waals surface area contributed by atoms with Gasteiger partial charge in [-0.1, -0.05) is 6.08 Å². The maximum atomic E-state index is 8.88. The summed E-state index contributed by atoms with van der Waals surface area (Å²) in [5.74, 6) is 0. The third-order valence-electron chi connectivity index (χ3n) is 0.129. The highest BCUT2D eigenvalue weighted by Gasteiger charge is 2.00. The van der Waals surface area contributed by atoms with Crippen molar-refractivity contribution < 1.29 is 43.6 Å². The van der Waals surface area contributed by atoms with Crippen LogP contribution in [-0.4, -0.2) is 41.1 Å². The van der Waals surface area contributed by atoms with E-state index in [4.69, 9.17) is 43.6 Å². The van der Waals surface area contributed by atoms with Crippen molar-refractivity contribution in [3.8, 4) is 0 Å². The van der Waals surface area contributed by atoms with Gasteiger partial charge in [0.15, 0.2) is 0 Å². The quantitative estimate of drug-likeness (QED) is 0.212.